The second-order valence-corrected chi connectivity index (χ2v) is 7.69. The van der Waals surface area contributed by atoms with E-state index in [1.165, 1.54) is 32.7 Å². The summed E-state index contributed by atoms with van der Waals surface area (Å²) < 4.78 is 0. The van der Waals surface area contributed by atoms with Gasteiger partial charge in [0.05, 0.1) is 0 Å². The molecule has 0 aliphatic heterocycles. The number of benzene rings is 3. The number of aromatic nitrogens is 3. The Labute approximate surface area is 367 Å². The molecule has 0 atom stereocenters. The number of H-pyrrole nitrogens is 3. The number of hydrogen-bond donors (Lipinski definition) is 4. The Hall–Kier alpha value is 1.45. The van der Waals surface area contributed by atoms with Crippen molar-refractivity contribution < 1.29 is 158 Å². The average molecular weight is 633 g/mol. The summed E-state index contributed by atoms with van der Waals surface area (Å²) in [5.41, 5.74) is 3.62. The number of nitrogens with one attached hydrogen (secondary N) is 3. The number of hydrogen-bond acceptors (Lipinski definition) is 1. The number of para-hydroxylation sites is 3. The first-order chi connectivity index (χ1) is 16.7. The van der Waals surface area contributed by atoms with Crippen LogP contribution in [0, 0.1) is 0 Å². The van der Waals surface area contributed by atoms with Crippen molar-refractivity contribution in [3.8, 4) is 0 Å². The molecule has 0 spiro atoms. The molecule has 0 amide bonds. The summed E-state index contributed by atoms with van der Waals surface area (Å²) in [6.07, 6.45) is 7.93. The zero-order chi connectivity index (χ0) is 24.0. The molecule has 6 aromatic rings. The van der Waals surface area contributed by atoms with Crippen molar-refractivity contribution in [2.75, 3.05) is 0 Å². The van der Waals surface area contributed by atoms with E-state index in [1.807, 2.05) is 61.9 Å². The third-order valence-corrected chi connectivity index (χ3v) is 5.13. The summed E-state index contributed by atoms with van der Waals surface area (Å²) in [4.78, 5) is 19.1. The molecule has 0 saturated heterocycles. The van der Waals surface area contributed by atoms with Gasteiger partial charge in [0.2, 0.25) is 0 Å². The maximum absolute atomic E-state index is 9.76. The van der Waals surface area contributed by atoms with E-state index in [2.05, 4.69) is 69.5 Å². The normalized spacial score (nSPS) is 8.22. The van der Waals surface area contributed by atoms with Crippen LogP contribution in [0.1, 0.15) is 26.2 Å². The maximum atomic E-state index is 9.76. The van der Waals surface area contributed by atoms with E-state index in [-0.39, 0.29) is 175 Å². The van der Waals surface area contributed by atoms with Crippen molar-refractivity contribution in [1.82, 2.24) is 15.0 Å². The first-order valence-electron chi connectivity index (χ1n) is 11.5. The average Bonchev–Trinajstić information content (AvgIpc) is 3.64. The topological polar surface area (TPSA) is 84.7 Å². The van der Waals surface area contributed by atoms with E-state index in [9.17, 15) is 4.79 Å². The second kappa shape index (κ2) is 31.4. The van der Waals surface area contributed by atoms with Crippen LogP contribution in [0.15, 0.2) is 110 Å². The molecule has 0 unspecified atom stereocenters. The molecule has 41 heavy (non-hydrogen) atoms. The number of aliphatic carboxylic acids is 1. The number of rotatable bonds is 3. The van der Waals surface area contributed by atoms with Crippen LogP contribution < -0.4 is 148 Å². The van der Waals surface area contributed by atoms with Crippen LogP contribution in [0.2, 0.25) is 0 Å². The summed E-state index contributed by atoms with van der Waals surface area (Å²) in [5.74, 6) is -0.693. The molecule has 0 saturated carbocycles. The van der Waals surface area contributed by atoms with Gasteiger partial charge in [-0.3, -0.25) is 4.79 Å². The van der Waals surface area contributed by atoms with E-state index >= 15 is 0 Å². The molecule has 4 N–H and O–H groups in total. The molecule has 12 heteroatoms. The summed E-state index contributed by atoms with van der Waals surface area (Å²) in [6.45, 7) is 1.98. The standard InChI is InChI=1S/3C8H7N.C5H10O2.5Na.2S/c3*1-2-4-8-7(3-1)5-6-9-8;1-2-3-4-5(6)7;;;;;;;/h3*1-6,9H;2-4H2,1H3,(H,6,7);;;;;;;/q;;;;5*+1;2*-2. The van der Waals surface area contributed by atoms with Crippen molar-refractivity contribution in [2.45, 2.75) is 26.2 Å². The third-order valence-electron chi connectivity index (χ3n) is 5.13. The van der Waals surface area contributed by atoms with Crippen LogP contribution in [0.5, 0.6) is 0 Å². The van der Waals surface area contributed by atoms with Gasteiger partial charge in [0.15, 0.2) is 0 Å². The van der Waals surface area contributed by atoms with Crippen LogP contribution in [-0.4, -0.2) is 26.0 Å². The van der Waals surface area contributed by atoms with Crippen LogP contribution in [0.4, 0.5) is 0 Å². The van der Waals surface area contributed by atoms with Crippen molar-refractivity contribution >= 4 is 65.7 Å². The molecule has 0 aliphatic carbocycles. The molecule has 0 aliphatic rings. The Balaban J connectivity index is -0.000000134. The smallest absolute Gasteiger partial charge is 1.00 e. The van der Waals surface area contributed by atoms with Crippen LogP contribution >= 0.6 is 0 Å². The Bertz CT molecular complexity index is 1180. The van der Waals surface area contributed by atoms with Gasteiger partial charge in [-0.1, -0.05) is 67.9 Å². The number of carboxylic acid groups (broad SMARTS) is 1. The van der Waals surface area contributed by atoms with E-state index in [1.54, 1.807) is 0 Å². The van der Waals surface area contributed by atoms with Gasteiger partial charge < -0.3 is 47.0 Å². The molecular formula is C29H31N3Na5O2S2+. The maximum Gasteiger partial charge on any atom is 1.00 e. The first kappa shape index (κ1) is 52.0. The Morgan fingerprint density at radius 2 is 0.854 bits per heavy atom. The number of aromatic amines is 3. The fourth-order valence-corrected chi connectivity index (χ4v) is 3.31. The molecular weight excluding hydrogens is 601 g/mol. The molecule has 0 radical (unpaired) electrons. The summed E-state index contributed by atoms with van der Waals surface area (Å²) in [7, 11) is 0. The number of carbonyl (C=O) groups is 1. The molecule has 190 valence electrons. The summed E-state index contributed by atoms with van der Waals surface area (Å²) in [5, 5.41) is 11.9. The minimum absolute atomic E-state index is 0. The van der Waals surface area contributed by atoms with Crippen molar-refractivity contribution in [3.63, 3.8) is 0 Å². The van der Waals surface area contributed by atoms with Gasteiger partial charge in [0.25, 0.3) is 0 Å². The minimum atomic E-state index is -0.693. The SMILES string of the molecule is CCCCC(=O)O.[Na+].[Na+].[Na+].[Na+].[Na+].[S-2].[S-2].c1ccc2[nH]ccc2c1.c1ccc2[nH]ccc2c1.c1ccc2[nH]ccc2c1. The molecule has 3 heterocycles. The number of carboxylic acids is 1. The fourth-order valence-electron chi connectivity index (χ4n) is 3.31. The molecule has 3 aromatic carbocycles. The van der Waals surface area contributed by atoms with E-state index in [4.69, 9.17) is 5.11 Å². The molecule has 0 bridgehead atoms. The Kier molecular flexibility index (Phi) is 39.9. The van der Waals surface area contributed by atoms with Gasteiger partial charge in [0.1, 0.15) is 0 Å². The predicted octanol–water partition coefficient (Wildman–Crippen LogP) is -7.22. The molecule has 0 fully saturated rings. The number of fused-ring (bicyclic) bond motifs is 3. The monoisotopic (exact) mass is 632 g/mol. The Morgan fingerprint density at radius 1 is 0.561 bits per heavy atom. The van der Waals surface area contributed by atoms with Gasteiger partial charge in [0, 0.05) is 41.6 Å². The van der Waals surface area contributed by atoms with Crippen LogP contribution in [0.3, 0.4) is 0 Å². The van der Waals surface area contributed by atoms with Gasteiger partial charge in [-0.05, 0) is 59.0 Å². The number of unbranched alkanes of at least 4 members (excludes halogenated alkanes) is 1. The van der Waals surface area contributed by atoms with Gasteiger partial charge >= 0.3 is 154 Å². The van der Waals surface area contributed by atoms with Crippen molar-refractivity contribution in [3.05, 3.63) is 110 Å². The predicted molar refractivity (Wildman–Crippen MR) is 157 cm³/mol. The first-order valence-corrected chi connectivity index (χ1v) is 11.5. The van der Waals surface area contributed by atoms with Crippen molar-refractivity contribution in [1.29, 1.82) is 0 Å². The van der Waals surface area contributed by atoms with E-state index < -0.39 is 5.97 Å². The molecule has 3 aromatic heterocycles. The van der Waals surface area contributed by atoms with Crippen molar-refractivity contribution in [2.24, 2.45) is 0 Å². The Morgan fingerprint density at radius 3 is 1.07 bits per heavy atom. The molecule has 5 nitrogen and oxygen atoms in total. The largest absolute Gasteiger partial charge is 2.00 e. The van der Waals surface area contributed by atoms with Crippen LogP contribution in [0.25, 0.3) is 32.7 Å². The van der Waals surface area contributed by atoms with Gasteiger partial charge in [-0.15, -0.1) is 0 Å². The summed E-state index contributed by atoms with van der Waals surface area (Å²) in [6, 6.07) is 30.8. The quantitative estimate of drug-likeness (QED) is 0.146. The zero-order valence-electron chi connectivity index (χ0n) is 25.2. The van der Waals surface area contributed by atoms with Gasteiger partial charge in [-0.2, -0.15) is 0 Å². The fraction of sp³-hybridized carbons (Fsp3) is 0.138. The van der Waals surface area contributed by atoms with Crippen LogP contribution in [-0.2, 0) is 31.8 Å². The second-order valence-electron chi connectivity index (χ2n) is 7.69. The van der Waals surface area contributed by atoms with E-state index in [0.717, 1.165) is 12.8 Å². The summed E-state index contributed by atoms with van der Waals surface area (Å²) >= 11 is 0. The third kappa shape index (κ3) is 20.2. The van der Waals surface area contributed by atoms with E-state index in [0.29, 0.717) is 6.42 Å². The van der Waals surface area contributed by atoms with Gasteiger partial charge in [-0.25, -0.2) is 0 Å². The molecule has 6 rings (SSSR count). The minimum Gasteiger partial charge on any atom is -2.00 e. The zero-order valence-corrected chi connectivity index (χ0v) is 36.8.